The van der Waals surface area contributed by atoms with Crippen LogP contribution in [0.15, 0.2) is 36.3 Å². The zero-order chi connectivity index (χ0) is 12.6. The summed E-state index contributed by atoms with van der Waals surface area (Å²) in [5, 5.41) is 0.721. The lowest BCUT2D eigenvalue weighted by atomic mass is 10.1. The molecule has 1 aromatic heterocycles. The molecule has 1 unspecified atom stereocenters. The first kappa shape index (κ1) is 14.5. The first-order chi connectivity index (χ1) is 7.99. The van der Waals surface area contributed by atoms with Gasteiger partial charge in [0.25, 0.3) is 0 Å². The molecule has 0 nitrogen and oxygen atoms in total. The van der Waals surface area contributed by atoms with Crippen molar-refractivity contribution in [2.45, 2.75) is 4.83 Å². The van der Waals surface area contributed by atoms with Gasteiger partial charge in [-0.2, -0.15) is 0 Å². The molecule has 0 bridgehead atoms. The molecule has 90 valence electrons. The molecular weight excluding hydrogens is 519 g/mol. The Morgan fingerprint density at radius 3 is 2.35 bits per heavy atom. The Hall–Kier alpha value is 1.13. The number of thiophene rings is 1. The number of hydrogen-bond donors (Lipinski definition) is 0. The van der Waals surface area contributed by atoms with E-state index in [9.17, 15) is 0 Å². The molecular formula is C11H5Br4ClS. The van der Waals surface area contributed by atoms with Crippen LogP contribution in [0.5, 0.6) is 0 Å². The minimum Gasteiger partial charge on any atom is -0.121 e. The van der Waals surface area contributed by atoms with Gasteiger partial charge in [0.05, 0.1) is 17.4 Å². The van der Waals surface area contributed by atoms with E-state index in [0.717, 1.165) is 22.6 Å². The quantitative estimate of drug-likeness (QED) is 0.366. The standard InChI is InChI=1S/C11H5Br4ClS/c12-7-3-5(1-2-8(7)16)10(14)6-4-9(13)17-11(6)15/h1-4,10H. The monoisotopic (exact) mass is 520 g/mol. The van der Waals surface area contributed by atoms with Crippen molar-refractivity contribution in [3.05, 3.63) is 52.5 Å². The second-order valence-corrected chi connectivity index (χ2v) is 9.24. The van der Waals surface area contributed by atoms with E-state index in [4.69, 9.17) is 11.6 Å². The van der Waals surface area contributed by atoms with Gasteiger partial charge in [-0.15, -0.1) is 11.3 Å². The Bertz CT molecular complexity index is 552. The van der Waals surface area contributed by atoms with Gasteiger partial charge in [-0.1, -0.05) is 33.6 Å². The summed E-state index contributed by atoms with van der Waals surface area (Å²) in [5.74, 6) is 0. The van der Waals surface area contributed by atoms with Crippen molar-refractivity contribution < 1.29 is 0 Å². The average Bonchev–Trinajstić information content (AvgIpc) is 2.61. The minimum atomic E-state index is 0.146. The van der Waals surface area contributed by atoms with Crippen molar-refractivity contribution in [1.29, 1.82) is 0 Å². The molecule has 0 aliphatic rings. The van der Waals surface area contributed by atoms with Crippen molar-refractivity contribution in [1.82, 2.24) is 0 Å². The van der Waals surface area contributed by atoms with Crippen molar-refractivity contribution >= 4 is 86.7 Å². The van der Waals surface area contributed by atoms with Gasteiger partial charge in [0, 0.05) is 4.47 Å². The lowest BCUT2D eigenvalue weighted by Gasteiger charge is -2.10. The fraction of sp³-hybridized carbons (Fsp3) is 0.0909. The Morgan fingerprint density at radius 2 is 1.82 bits per heavy atom. The Labute approximate surface area is 142 Å². The molecule has 1 aromatic carbocycles. The number of benzene rings is 1. The number of hydrogen-bond acceptors (Lipinski definition) is 1. The van der Waals surface area contributed by atoms with Crippen molar-refractivity contribution in [3.63, 3.8) is 0 Å². The summed E-state index contributed by atoms with van der Waals surface area (Å²) in [6, 6.07) is 8.05. The molecule has 0 saturated carbocycles. The predicted molar refractivity (Wildman–Crippen MR) is 89.6 cm³/mol. The van der Waals surface area contributed by atoms with Gasteiger partial charge in [0.1, 0.15) is 0 Å². The van der Waals surface area contributed by atoms with Gasteiger partial charge >= 0.3 is 0 Å². The maximum atomic E-state index is 5.99. The number of alkyl halides is 1. The molecule has 0 radical (unpaired) electrons. The lowest BCUT2D eigenvalue weighted by molar-refractivity contribution is 1.18. The van der Waals surface area contributed by atoms with Crippen LogP contribution in [0.4, 0.5) is 0 Å². The van der Waals surface area contributed by atoms with Gasteiger partial charge < -0.3 is 0 Å². The van der Waals surface area contributed by atoms with Crippen LogP contribution in [0.1, 0.15) is 16.0 Å². The highest BCUT2D eigenvalue weighted by atomic mass is 79.9. The first-order valence-corrected chi connectivity index (χ1v) is 9.01. The van der Waals surface area contributed by atoms with Crippen LogP contribution in [0, 0.1) is 0 Å². The number of rotatable bonds is 2. The summed E-state index contributed by atoms with van der Waals surface area (Å²) in [5.41, 5.74) is 2.36. The summed E-state index contributed by atoms with van der Waals surface area (Å²) in [6.07, 6.45) is 0. The predicted octanol–water partition coefficient (Wildman–Crippen LogP) is 7.17. The van der Waals surface area contributed by atoms with E-state index in [2.05, 4.69) is 69.8 Å². The lowest BCUT2D eigenvalue weighted by Crippen LogP contribution is -1.91. The Morgan fingerprint density at radius 1 is 1.12 bits per heavy atom. The van der Waals surface area contributed by atoms with Gasteiger partial charge in [0.15, 0.2) is 0 Å². The highest BCUT2D eigenvalue weighted by Crippen LogP contribution is 2.42. The van der Waals surface area contributed by atoms with Gasteiger partial charge in [-0.05, 0) is 77.1 Å². The molecule has 0 saturated heterocycles. The fourth-order valence-corrected chi connectivity index (χ4v) is 5.90. The Kier molecular flexibility index (Phi) is 5.18. The minimum absolute atomic E-state index is 0.146. The van der Waals surface area contributed by atoms with Crippen molar-refractivity contribution in [2.75, 3.05) is 0 Å². The molecule has 0 spiro atoms. The van der Waals surface area contributed by atoms with Crippen LogP contribution in [-0.4, -0.2) is 0 Å². The van der Waals surface area contributed by atoms with Gasteiger partial charge in [-0.25, -0.2) is 0 Å². The van der Waals surface area contributed by atoms with Gasteiger partial charge in [-0.3, -0.25) is 0 Å². The summed E-state index contributed by atoms with van der Waals surface area (Å²) in [4.78, 5) is 0.146. The molecule has 0 fully saturated rings. The first-order valence-electron chi connectivity index (χ1n) is 4.53. The smallest absolute Gasteiger partial charge is 0.0757 e. The van der Waals surface area contributed by atoms with E-state index in [1.54, 1.807) is 11.3 Å². The summed E-state index contributed by atoms with van der Waals surface area (Å²) in [6.45, 7) is 0. The number of halogens is 5. The van der Waals surface area contributed by atoms with Crippen molar-refractivity contribution in [3.8, 4) is 0 Å². The molecule has 0 aliphatic carbocycles. The van der Waals surface area contributed by atoms with Crippen LogP contribution in [0.3, 0.4) is 0 Å². The molecule has 0 N–H and O–H groups in total. The molecule has 2 rings (SSSR count). The Balaban J connectivity index is 2.40. The topological polar surface area (TPSA) is 0 Å². The zero-order valence-electron chi connectivity index (χ0n) is 8.18. The normalized spacial score (nSPS) is 12.8. The van der Waals surface area contributed by atoms with Crippen LogP contribution in [0.2, 0.25) is 5.02 Å². The largest absolute Gasteiger partial charge is 0.121 e. The zero-order valence-corrected chi connectivity index (χ0v) is 16.1. The van der Waals surface area contributed by atoms with Crippen molar-refractivity contribution in [2.24, 2.45) is 0 Å². The molecule has 0 amide bonds. The van der Waals surface area contributed by atoms with E-state index < -0.39 is 0 Å². The van der Waals surface area contributed by atoms with Crippen LogP contribution in [-0.2, 0) is 0 Å². The van der Waals surface area contributed by atoms with E-state index in [1.165, 1.54) is 5.56 Å². The van der Waals surface area contributed by atoms with E-state index >= 15 is 0 Å². The van der Waals surface area contributed by atoms with Gasteiger partial charge in [0.2, 0.25) is 0 Å². The maximum Gasteiger partial charge on any atom is 0.0757 e. The second kappa shape index (κ2) is 6.06. The van der Waals surface area contributed by atoms with Crippen LogP contribution >= 0.6 is 86.7 Å². The van der Waals surface area contributed by atoms with Crippen LogP contribution < -0.4 is 0 Å². The third-order valence-electron chi connectivity index (χ3n) is 2.19. The average molecular weight is 524 g/mol. The molecule has 1 atom stereocenters. The SMILES string of the molecule is Clc1ccc(C(Br)c2cc(Br)sc2Br)cc1Br. The maximum absolute atomic E-state index is 5.99. The van der Waals surface area contributed by atoms with E-state index in [0.29, 0.717) is 0 Å². The molecule has 17 heavy (non-hydrogen) atoms. The molecule has 2 aromatic rings. The summed E-state index contributed by atoms with van der Waals surface area (Å²) >= 11 is 21.9. The second-order valence-electron chi connectivity index (χ2n) is 3.32. The fourth-order valence-electron chi connectivity index (χ4n) is 1.38. The highest BCUT2D eigenvalue weighted by molar-refractivity contribution is 9.12. The van der Waals surface area contributed by atoms with E-state index in [1.807, 2.05) is 18.2 Å². The highest BCUT2D eigenvalue weighted by Gasteiger charge is 2.17. The molecule has 0 aliphatic heterocycles. The third-order valence-corrected chi connectivity index (χ3v) is 6.81. The molecule has 6 heteroatoms. The molecule has 1 heterocycles. The van der Waals surface area contributed by atoms with E-state index in [-0.39, 0.29) is 4.83 Å². The van der Waals surface area contributed by atoms with Crippen LogP contribution in [0.25, 0.3) is 0 Å². The summed E-state index contributed by atoms with van der Waals surface area (Å²) < 4.78 is 3.14. The summed E-state index contributed by atoms with van der Waals surface area (Å²) in [7, 11) is 0. The third kappa shape index (κ3) is 3.37.